The molecule has 53 heavy (non-hydrogen) atoms. The number of fused-ring (bicyclic) bond motifs is 10. The third-order valence-corrected chi connectivity index (χ3v) is 12.4. The largest absolute Gasteiger partial charge is 0.276 e. The summed E-state index contributed by atoms with van der Waals surface area (Å²) in [7, 11) is 0. The van der Waals surface area contributed by atoms with Gasteiger partial charge in [0.2, 0.25) is 0 Å². The Kier molecular flexibility index (Phi) is 6.58. The summed E-state index contributed by atoms with van der Waals surface area (Å²) in [5.41, 5.74) is 12.8. The molecule has 248 valence electrons. The van der Waals surface area contributed by atoms with Gasteiger partial charge < -0.3 is 0 Å². The molecular formula is C50H31NOS. The molecule has 0 aliphatic carbocycles. The van der Waals surface area contributed by atoms with E-state index < -0.39 is 5.41 Å². The molecule has 0 saturated heterocycles. The van der Waals surface area contributed by atoms with Crippen molar-refractivity contribution in [3.8, 4) is 39.1 Å². The summed E-state index contributed by atoms with van der Waals surface area (Å²) >= 11 is 1.84. The van der Waals surface area contributed by atoms with Crippen molar-refractivity contribution in [3.63, 3.8) is 0 Å². The summed E-state index contributed by atoms with van der Waals surface area (Å²) in [4.78, 5) is 17.4. The van der Waals surface area contributed by atoms with Crippen LogP contribution in [0.1, 0.15) is 22.3 Å². The Morgan fingerprint density at radius 3 is 1.49 bits per heavy atom. The first kappa shape index (κ1) is 30.2. The zero-order valence-electron chi connectivity index (χ0n) is 28.7. The molecule has 0 saturated carbocycles. The van der Waals surface area contributed by atoms with Crippen molar-refractivity contribution in [3.05, 3.63) is 221 Å². The lowest BCUT2D eigenvalue weighted by atomic mass is 9.62. The van der Waals surface area contributed by atoms with Gasteiger partial charge in [0.25, 0.3) is 5.56 Å². The van der Waals surface area contributed by atoms with Crippen molar-refractivity contribution < 1.29 is 0 Å². The average molecular weight is 694 g/mol. The normalized spacial score (nSPS) is 13.4. The fraction of sp³-hybridized carbons (Fsp3) is 0.0200. The third kappa shape index (κ3) is 4.32. The van der Waals surface area contributed by atoms with Crippen LogP contribution in [0.5, 0.6) is 0 Å². The van der Waals surface area contributed by atoms with Crippen LogP contribution in [0.3, 0.4) is 0 Å². The summed E-state index contributed by atoms with van der Waals surface area (Å²) in [6, 6.07) is 67.3. The molecule has 3 heteroatoms. The minimum atomic E-state index is -0.710. The smallest absolute Gasteiger partial charge is 0.263 e. The minimum absolute atomic E-state index is 0.00330. The van der Waals surface area contributed by atoms with Gasteiger partial charge in [0.1, 0.15) is 0 Å². The minimum Gasteiger partial charge on any atom is -0.276 e. The van der Waals surface area contributed by atoms with Gasteiger partial charge in [-0.3, -0.25) is 9.36 Å². The van der Waals surface area contributed by atoms with Crippen LogP contribution < -0.4 is 5.56 Å². The Balaban J connectivity index is 1.32. The second kappa shape index (κ2) is 11.5. The number of pyridine rings is 1. The van der Waals surface area contributed by atoms with Crippen molar-refractivity contribution in [1.29, 1.82) is 0 Å². The fourth-order valence-electron chi connectivity index (χ4n) is 8.94. The van der Waals surface area contributed by atoms with Crippen LogP contribution in [0, 0.1) is 0 Å². The maximum absolute atomic E-state index is 15.0. The molecule has 0 fully saturated rings. The topological polar surface area (TPSA) is 22.0 Å². The highest BCUT2D eigenvalue weighted by atomic mass is 32.2. The molecule has 9 aromatic rings. The van der Waals surface area contributed by atoms with Crippen LogP contribution in [0.4, 0.5) is 0 Å². The van der Waals surface area contributed by atoms with Crippen LogP contribution in [0.2, 0.25) is 0 Å². The van der Waals surface area contributed by atoms with Crippen molar-refractivity contribution >= 4 is 33.4 Å². The molecule has 0 bridgehead atoms. The highest BCUT2D eigenvalue weighted by Crippen LogP contribution is 2.60. The first-order valence-electron chi connectivity index (χ1n) is 18.1. The lowest BCUT2D eigenvalue weighted by Gasteiger charge is -2.46. The number of benzene rings is 8. The van der Waals surface area contributed by atoms with E-state index in [2.05, 4.69) is 176 Å². The molecule has 11 rings (SSSR count). The SMILES string of the molecule is O=c1c2ccc(-c3ccccc3)cc2c2cccc3c2n1-c1ccccc1C31c2cc(-c3ccccc3)ccc2Sc2ccc(-c3ccccc3)cc21. The molecule has 0 unspecified atom stereocenters. The summed E-state index contributed by atoms with van der Waals surface area (Å²) < 4.78 is 2.00. The van der Waals surface area contributed by atoms with E-state index >= 15 is 0 Å². The maximum atomic E-state index is 15.0. The average Bonchev–Trinajstić information content (AvgIpc) is 3.23. The predicted molar refractivity (Wildman–Crippen MR) is 219 cm³/mol. The van der Waals surface area contributed by atoms with Crippen LogP contribution in [0.25, 0.3) is 60.7 Å². The van der Waals surface area contributed by atoms with E-state index in [4.69, 9.17) is 0 Å². The number of nitrogens with zero attached hydrogens (tertiary/aromatic N) is 1. The van der Waals surface area contributed by atoms with Crippen molar-refractivity contribution in [1.82, 2.24) is 4.57 Å². The summed E-state index contributed by atoms with van der Waals surface area (Å²) in [6.07, 6.45) is 0. The second-order valence-electron chi connectivity index (χ2n) is 14.0. The molecule has 2 aliphatic rings. The number of rotatable bonds is 3. The Morgan fingerprint density at radius 1 is 0.377 bits per heavy atom. The van der Waals surface area contributed by atoms with Gasteiger partial charge in [0.15, 0.2) is 0 Å². The first-order valence-corrected chi connectivity index (χ1v) is 18.9. The Hall–Kier alpha value is -6.42. The van der Waals surface area contributed by atoms with Crippen molar-refractivity contribution in [2.45, 2.75) is 15.2 Å². The van der Waals surface area contributed by atoms with Crippen molar-refractivity contribution in [2.75, 3.05) is 0 Å². The van der Waals surface area contributed by atoms with Gasteiger partial charge in [-0.2, -0.15) is 0 Å². The monoisotopic (exact) mass is 693 g/mol. The quantitative estimate of drug-likeness (QED) is 0.172. The number of hydrogen-bond acceptors (Lipinski definition) is 2. The van der Waals surface area contributed by atoms with Gasteiger partial charge in [0.05, 0.1) is 16.6 Å². The molecule has 3 heterocycles. The molecule has 8 aromatic carbocycles. The molecule has 1 spiro atoms. The Labute approximate surface area is 311 Å². The van der Waals surface area contributed by atoms with Gasteiger partial charge in [0, 0.05) is 20.6 Å². The molecule has 0 atom stereocenters. The van der Waals surface area contributed by atoms with E-state index in [9.17, 15) is 4.79 Å². The first-order chi connectivity index (χ1) is 26.2. The predicted octanol–water partition coefficient (Wildman–Crippen LogP) is 12.3. The third-order valence-electron chi connectivity index (χ3n) is 11.3. The van der Waals surface area contributed by atoms with Crippen LogP contribution in [0.15, 0.2) is 203 Å². The van der Waals surface area contributed by atoms with Crippen LogP contribution in [-0.2, 0) is 5.41 Å². The second-order valence-corrected chi connectivity index (χ2v) is 15.1. The molecule has 2 nitrogen and oxygen atoms in total. The van der Waals surface area contributed by atoms with Gasteiger partial charge in [-0.05, 0) is 103 Å². The Morgan fingerprint density at radius 2 is 0.887 bits per heavy atom. The van der Waals surface area contributed by atoms with Gasteiger partial charge in [-0.25, -0.2) is 0 Å². The highest BCUT2D eigenvalue weighted by Gasteiger charge is 2.49. The number of aromatic nitrogens is 1. The van der Waals surface area contributed by atoms with Gasteiger partial charge in [-0.1, -0.05) is 157 Å². The van der Waals surface area contributed by atoms with E-state index in [1.807, 2.05) is 28.5 Å². The van der Waals surface area contributed by atoms with Crippen molar-refractivity contribution in [2.24, 2.45) is 0 Å². The Bertz CT molecular complexity index is 2900. The molecule has 1 aromatic heterocycles. The molecule has 0 amide bonds. The van der Waals surface area contributed by atoms with E-state index in [0.29, 0.717) is 0 Å². The zero-order valence-corrected chi connectivity index (χ0v) is 29.5. The van der Waals surface area contributed by atoms with E-state index in [-0.39, 0.29) is 5.56 Å². The number of para-hydroxylation sites is 2. The molecule has 2 aliphatic heterocycles. The van der Waals surface area contributed by atoms with E-state index in [0.717, 1.165) is 49.6 Å². The molecule has 0 radical (unpaired) electrons. The van der Waals surface area contributed by atoms with Crippen LogP contribution in [-0.4, -0.2) is 4.57 Å². The van der Waals surface area contributed by atoms with Gasteiger partial charge in [-0.15, -0.1) is 0 Å². The summed E-state index contributed by atoms with van der Waals surface area (Å²) in [5.74, 6) is 0. The van der Waals surface area contributed by atoms with E-state index in [1.165, 1.54) is 43.2 Å². The standard InChI is InChI=1S/C50H31NOS/c52-49-39-26-23-35(32-13-4-1-5-14-32)29-40(39)38-19-12-21-42-48(38)51(49)45-22-11-10-20-41(45)50(42)43-30-36(33-15-6-2-7-16-33)24-27-46(43)53-47-28-25-37(31-44(47)50)34-17-8-3-9-18-34/h1-31H. The number of hydrogen-bond donors (Lipinski definition) is 0. The highest BCUT2D eigenvalue weighted by molar-refractivity contribution is 7.99. The fourth-order valence-corrected chi connectivity index (χ4v) is 10.1. The molecular weight excluding hydrogens is 663 g/mol. The lowest BCUT2D eigenvalue weighted by molar-refractivity contribution is 0.684. The summed E-state index contributed by atoms with van der Waals surface area (Å²) in [5, 5.41) is 2.77. The maximum Gasteiger partial charge on any atom is 0.263 e. The van der Waals surface area contributed by atoms with Crippen LogP contribution >= 0.6 is 11.8 Å². The zero-order chi connectivity index (χ0) is 35.1. The lowest BCUT2D eigenvalue weighted by Crippen LogP contribution is -2.40. The van der Waals surface area contributed by atoms with E-state index in [1.54, 1.807) is 0 Å². The summed E-state index contributed by atoms with van der Waals surface area (Å²) in [6.45, 7) is 0. The van der Waals surface area contributed by atoms with Gasteiger partial charge >= 0.3 is 0 Å². The molecule has 0 N–H and O–H groups in total.